The second kappa shape index (κ2) is 7.85. The third kappa shape index (κ3) is 4.32. The van der Waals surface area contributed by atoms with Crippen molar-refractivity contribution in [3.05, 3.63) is 83.9 Å². The van der Waals surface area contributed by atoms with Crippen molar-refractivity contribution in [2.24, 2.45) is 0 Å². The quantitative estimate of drug-likeness (QED) is 0.690. The first-order valence-electron chi connectivity index (χ1n) is 8.08. The fraction of sp³-hybridized carbons (Fsp3) is 0.100. The molecule has 0 saturated heterocycles. The summed E-state index contributed by atoms with van der Waals surface area (Å²) in [6.45, 7) is 0.0214. The minimum atomic E-state index is -3.95. The van der Waals surface area contributed by atoms with Gasteiger partial charge in [-0.25, -0.2) is 21.9 Å². The number of hydrogen-bond acceptors (Lipinski definition) is 3. The van der Waals surface area contributed by atoms with Crippen LogP contribution >= 0.6 is 0 Å². The normalized spacial score (nSPS) is 11.4. The molecule has 140 valence electrons. The van der Waals surface area contributed by atoms with Gasteiger partial charge in [-0.05, 0) is 35.4 Å². The van der Waals surface area contributed by atoms with Crippen molar-refractivity contribution in [2.75, 3.05) is 7.11 Å². The third-order valence-electron chi connectivity index (χ3n) is 4.04. The minimum Gasteiger partial charge on any atom is -0.496 e. The fourth-order valence-electron chi connectivity index (χ4n) is 2.59. The smallest absolute Gasteiger partial charge is 0.240 e. The molecule has 0 bridgehead atoms. The van der Waals surface area contributed by atoms with Crippen molar-refractivity contribution in [1.82, 2.24) is 4.72 Å². The van der Waals surface area contributed by atoms with Gasteiger partial charge in [-0.15, -0.1) is 0 Å². The van der Waals surface area contributed by atoms with Gasteiger partial charge in [0.2, 0.25) is 10.0 Å². The molecule has 0 amide bonds. The zero-order valence-electron chi connectivity index (χ0n) is 14.4. The van der Waals surface area contributed by atoms with Crippen LogP contribution in [-0.4, -0.2) is 15.5 Å². The molecule has 0 aliphatic heterocycles. The van der Waals surface area contributed by atoms with Gasteiger partial charge in [-0.2, -0.15) is 0 Å². The molecule has 0 fully saturated rings. The molecule has 3 rings (SSSR count). The van der Waals surface area contributed by atoms with E-state index in [-0.39, 0.29) is 11.4 Å². The van der Waals surface area contributed by atoms with Gasteiger partial charge >= 0.3 is 0 Å². The lowest BCUT2D eigenvalue weighted by molar-refractivity contribution is 0.416. The molecular weight excluding hydrogens is 372 g/mol. The van der Waals surface area contributed by atoms with E-state index in [0.29, 0.717) is 6.07 Å². The molecule has 0 atom stereocenters. The molecule has 0 heterocycles. The van der Waals surface area contributed by atoms with Crippen LogP contribution in [0.5, 0.6) is 5.75 Å². The van der Waals surface area contributed by atoms with E-state index < -0.39 is 21.7 Å². The minimum absolute atomic E-state index is 0.0214. The van der Waals surface area contributed by atoms with E-state index in [1.165, 1.54) is 0 Å². The number of benzene rings is 3. The molecule has 0 radical (unpaired) electrons. The number of para-hydroxylation sites is 1. The first-order chi connectivity index (χ1) is 12.9. The molecule has 3 aromatic carbocycles. The van der Waals surface area contributed by atoms with Gasteiger partial charge in [0.25, 0.3) is 0 Å². The molecule has 4 nitrogen and oxygen atoms in total. The Morgan fingerprint density at radius 1 is 0.926 bits per heavy atom. The summed E-state index contributed by atoms with van der Waals surface area (Å²) in [5.41, 5.74) is 2.58. The predicted molar refractivity (Wildman–Crippen MR) is 98.8 cm³/mol. The maximum absolute atomic E-state index is 13.3. The summed E-state index contributed by atoms with van der Waals surface area (Å²) in [6, 6.07) is 17.3. The van der Waals surface area contributed by atoms with E-state index >= 15 is 0 Å². The fourth-order valence-corrected chi connectivity index (χ4v) is 3.62. The van der Waals surface area contributed by atoms with Crippen molar-refractivity contribution < 1.29 is 21.9 Å². The van der Waals surface area contributed by atoms with E-state index in [1.807, 2.05) is 36.4 Å². The highest BCUT2D eigenvalue weighted by molar-refractivity contribution is 7.89. The summed E-state index contributed by atoms with van der Waals surface area (Å²) in [5, 5.41) is 0. The SMILES string of the molecule is COc1ccccc1-c1ccc(CNS(=O)(=O)c2ccc(F)c(F)c2)cc1. The Bertz CT molecular complexity index is 1050. The molecular formula is C20H17F2NO3S. The van der Waals surface area contributed by atoms with E-state index in [0.717, 1.165) is 34.6 Å². The molecule has 0 spiro atoms. The molecule has 27 heavy (non-hydrogen) atoms. The number of methoxy groups -OCH3 is 1. The summed E-state index contributed by atoms with van der Waals surface area (Å²) >= 11 is 0. The van der Waals surface area contributed by atoms with Crippen LogP contribution in [0.15, 0.2) is 71.6 Å². The van der Waals surface area contributed by atoms with Crippen molar-refractivity contribution >= 4 is 10.0 Å². The zero-order chi connectivity index (χ0) is 19.4. The second-order valence-electron chi connectivity index (χ2n) is 5.80. The molecule has 3 aromatic rings. The molecule has 0 aliphatic rings. The van der Waals surface area contributed by atoms with E-state index in [4.69, 9.17) is 4.74 Å². The molecule has 0 saturated carbocycles. The molecule has 7 heteroatoms. The van der Waals surface area contributed by atoms with Crippen LogP contribution in [0, 0.1) is 11.6 Å². The van der Waals surface area contributed by atoms with Gasteiger partial charge in [0.1, 0.15) is 5.75 Å². The Labute approximate surface area is 156 Å². The number of ether oxygens (including phenoxy) is 1. The van der Waals surface area contributed by atoms with Crippen molar-refractivity contribution in [3.63, 3.8) is 0 Å². The molecule has 0 unspecified atom stereocenters. The van der Waals surface area contributed by atoms with E-state index in [1.54, 1.807) is 19.2 Å². The highest BCUT2D eigenvalue weighted by atomic mass is 32.2. The van der Waals surface area contributed by atoms with Gasteiger partial charge in [0, 0.05) is 12.1 Å². The first kappa shape index (κ1) is 19.0. The number of halogens is 2. The lowest BCUT2D eigenvalue weighted by atomic mass is 10.0. The van der Waals surface area contributed by atoms with Crippen LogP contribution < -0.4 is 9.46 Å². The van der Waals surface area contributed by atoms with Gasteiger partial charge in [0.05, 0.1) is 12.0 Å². The summed E-state index contributed by atoms with van der Waals surface area (Å²) < 4.78 is 58.4. The summed E-state index contributed by atoms with van der Waals surface area (Å²) in [7, 11) is -2.35. The van der Waals surface area contributed by atoms with Crippen LogP contribution in [0.25, 0.3) is 11.1 Å². The topological polar surface area (TPSA) is 55.4 Å². The highest BCUT2D eigenvalue weighted by Gasteiger charge is 2.16. The number of rotatable bonds is 6. The Balaban J connectivity index is 1.74. The predicted octanol–water partition coefficient (Wildman–Crippen LogP) is 4.12. The first-order valence-corrected chi connectivity index (χ1v) is 9.56. The summed E-state index contributed by atoms with van der Waals surface area (Å²) in [4.78, 5) is -0.327. The Kier molecular flexibility index (Phi) is 5.53. The van der Waals surface area contributed by atoms with E-state index in [9.17, 15) is 17.2 Å². The van der Waals surface area contributed by atoms with Gasteiger partial charge in [-0.3, -0.25) is 0 Å². The van der Waals surface area contributed by atoms with Gasteiger partial charge in [0.15, 0.2) is 11.6 Å². The molecule has 1 N–H and O–H groups in total. The van der Waals surface area contributed by atoms with Crippen LogP contribution in [0.3, 0.4) is 0 Å². The average Bonchev–Trinajstić information content (AvgIpc) is 2.69. The standard InChI is InChI=1S/C20H17F2NO3S/c1-26-20-5-3-2-4-17(20)15-8-6-14(7-9-15)13-23-27(24,25)16-10-11-18(21)19(22)12-16/h2-12,23H,13H2,1H3. The number of hydrogen-bond donors (Lipinski definition) is 1. The van der Waals surface area contributed by atoms with Crippen molar-refractivity contribution in [3.8, 4) is 16.9 Å². The van der Waals surface area contributed by atoms with Crippen LogP contribution in [-0.2, 0) is 16.6 Å². The Morgan fingerprint density at radius 2 is 1.63 bits per heavy atom. The van der Waals surface area contributed by atoms with Crippen LogP contribution in [0.4, 0.5) is 8.78 Å². The monoisotopic (exact) mass is 389 g/mol. The summed E-state index contributed by atoms with van der Waals surface area (Å²) in [5.74, 6) is -1.57. The largest absolute Gasteiger partial charge is 0.496 e. The molecule has 0 aromatic heterocycles. The van der Waals surface area contributed by atoms with Crippen molar-refractivity contribution in [1.29, 1.82) is 0 Å². The Hall–Kier alpha value is -2.77. The molecule has 0 aliphatic carbocycles. The second-order valence-corrected chi connectivity index (χ2v) is 7.56. The lowest BCUT2D eigenvalue weighted by Crippen LogP contribution is -2.23. The summed E-state index contributed by atoms with van der Waals surface area (Å²) in [6.07, 6.45) is 0. The third-order valence-corrected chi connectivity index (χ3v) is 5.44. The maximum Gasteiger partial charge on any atom is 0.240 e. The van der Waals surface area contributed by atoms with Gasteiger partial charge in [-0.1, -0.05) is 42.5 Å². The average molecular weight is 389 g/mol. The maximum atomic E-state index is 13.3. The van der Waals surface area contributed by atoms with Crippen LogP contribution in [0.1, 0.15) is 5.56 Å². The number of sulfonamides is 1. The highest BCUT2D eigenvalue weighted by Crippen LogP contribution is 2.29. The van der Waals surface area contributed by atoms with Crippen LogP contribution in [0.2, 0.25) is 0 Å². The van der Waals surface area contributed by atoms with Crippen molar-refractivity contribution in [2.45, 2.75) is 11.4 Å². The zero-order valence-corrected chi connectivity index (χ0v) is 15.3. The van der Waals surface area contributed by atoms with E-state index in [2.05, 4.69) is 4.72 Å². The lowest BCUT2D eigenvalue weighted by Gasteiger charge is -2.10. The Morgan fingerprint density at radius 3 is 2.30 bits per heavy atom. The van der Waals surface area contributed by atoms with Gasteiger partial charge < -0.3 is 4.74 Å². The number of nitrogens with one attached hydrogen (secondary N) is 1.